The maximum Gasteiger partial charge on any atom is 0.142 e. The molecule has 2 bridgehead atoms. The van der Waals surface area contributed by atoms with Gasteiger partial charge in [0.05, 0.1) is 12.3 Å². The van der Waals surface area contributed by atoms with Gasteiger partial charge in [-0.1, -0.05) is 70.7 Å². The number of anilines is 1. The van der Waals surface area contributed by atoms with Gasteiger partial charge in [0.2, 0.25) is 0 Å². The van der Waals surface area contributed by atoms with Crippen LogP contribution in [0.25, 0.3) is 5.70 Å². The van der Waals surface area contributed by atoms with E-state index in [9.17, 15) is 0 Å². The summed E-state index contributed by atoms with van der Waals surface area (Å²) < 4.78 is 10.1. The molecule has 1 saturated heterocycles. The number of fused-ring (bicyclic) bond motifs is 2. The van der Waals surface area contributed by atoms with Crippen LogP contribution in [0.3, 0.4) is 0 Å². The Balaban J connectivity index is 0.000000417. The Morgan fingerprint density at radius 2 is 1.77 bits per heavy atom. The van der Waals surface area contributed by atoms with Crippen molar-refractivity contribution in [2.45, 2.75) is 95.8 Å². The van der Waals surface area contributed by atoms with E-state index >= 15 is 0 Å². The standard InChI is InChI=1S/C33H45ClN2OS.C7H16N2/c1-5-8-27-17-30(34)14-15-31(27)29-20-36-19-28-12-11-25(28)10-7-6-9-22(2)24(4)38-35-23(3)26-13-16-33(37-21-29)32(36)18-26;1-7(8(2)3)5-9(4)6-7/h13-18,22,24-25,28-29,35H,3,5-12,19-21H2,1-2,4H3;5-6H2,1-4H3. The Kier molecular flexibility index (Phi) is 12.6. The first-order chi connectivity index (χ1) is 22.5. The van der Waals surface area contributed by atoms with Gasteiger partial charge in [-0.05, 0) is 125 Å². The van der Waals surface area contributed by atoms with Gasteiger partial charge in [0.15, 0.2) is 0 Å². The molecule has 2 aromatic rings. The van der Waals surface area contributed by atoms with Crippen LogP contribution in [-0.2, 0) is 6.42 Å². The van der Waals surface area contributed by atoms with Crippen LogP contribution in [0.15, 0.2) is 43.0 Å². The maximum absolute atomic E-state index is 6.56. The van der Waals surface area contributed by atoms with Gasteiger partial charge in [-0.3, -0.25) is 0 Å². The summed E-state index contributed by atoms with van der Waals surface area (Å²) in [6, 6.07) is 13.1. The van der Waals surface area contributed by atoms with Crippen molar-refractivity contribution in [3.05, 3.63) is 64.7 Å². The normalized spacial score (nSPS) is 28.0. The lowest BCUT2D eigenvalue weighted by atomic mass is 9.70. The third-order valence-electron chi connectivity index (χ3n) is 11.6. The van der Waals surface area contributed by atoms with E-state index in [1.54, 1.807) is 0 Å². The molecule has 0 amide bonds. The predicted octanol–water partition coefficient (Wildman–Crippen LogP) is 9.36. The molecule has 1 aliphatic carbocycles. The number of nitrogens with zero attached hydrogens (tertiary/aromatic N) is 3. The molecule has 6 rings (SSSR count). The minimum atomic E-state index is 0.313. The molecular formula is C40H61ClN4OS. The summed E-state index contributed by atoms with van der Waals surface area (Å²) in [7, 11) is 6.45. The summed E-state index contributed by atoms with van der Waals surface area (Å²) in [5.74, 6) is 3.65. The van der Waals surface area contributed by atoms with E-state index < -0.39 is 0 Å². The Labute approximate surface area is 296 Å². The SMILES string of the molecule is C=C1NSC(C)C(C)CCCCC2CCC2CN2CC(c3ccc(Cl)cc3CCC)COc3ccc1cc32.CN1CC(C)(N(C)C)C1. The van der Waals surface area contributed by atoms with Gasteiger partial charge in [-0.15, -0.1) is 0 Å². The zero-order valence-electron chi connectivity index (χ0n) is 30.3. The average molecular weight is 681 g/mol. The van der Waals surface area contributed by atoms with Gasteiger partial charge < -0.3 is 24.2 Å². The summed E-state index contributed by atoms with van der Waals surface area (Å²) in [6.07, 6.45) is 10.3. The lowest BCUT2D eigenvalue weighted by Gasteiger charge is -2.50. The topological polar surface area (TPSA) is 31.0 Å². The fraction of sp³-hybridized carbons (Fsp3) is 0.650. The Hall–Kier alpha value is -1.86. The number of rotatable bonds is 4. The minimum Gasteiger partial charge on any atom is -0.491 e. The number of benzene rings is 2. The highest BCUT2D eigenvalue weighted by Crippen LogP contribution is 2.43. The molecule has 1 N–H and O–H groups in total. The first-order valence-corrected chi connectivity index (χ1v) is 19.5. The predicted molar refractivity (Wildman–Crippen MR) is 205 cm³/mol. The minimum absolute atomic E-state index is 0.313. The first-order valence-electron chi connectivity index (χ1n) is 18.2. The summed E-state index contributed by atoms with van der Waals surface area (Å²) >= 11 is 8.24. The second kappa shape index (κ2) is 16.2. The Bertz CT molecular complexity index is 1340. The molecule has 3 aliphatic heterocycles. The quantitative estimate of drug-likeness (QED) is 0.324. The van der Waals surface area contributed by atoms with E-state index in [1.807, 2.05) is 11.9 Å². The Morgan fingerprint density at radius 1 is 1.02 bits per heavy atom. The van der Waals surface area contributed by atoms with Crippen LogP contribution in [0.4, 0.5) is 5.69 Å². The molecule has 0 spiro atoms. The fourth-order valence-corrected chi connectivity index (χ4v) is 8.90. The van der Waals surface area contributed by atoms with Crippen LogP contribution in [0, 0.1) is 17.8 Å². The maximum atomic E-state index is 6.56. The van der Waals surface area contributed by atoms with E-state index in [0.717, 1.165) is 59.8 Å². The van der Waals surface area contributed by atoms with Crippen molar-refractivity contribution in [3.63, 3.8) is 0 Å². The number of aryl methyl sites for hydroxylation is 1. The van der Waals surface area contributed by atoms with Crippen molar-refractivity contribution < 1.29 is 4.74 Å². The molecule has 4 aliphatic rings. The number of hydrogen-bond acceptors (Lipinski definition) is 6. The summed E-state index contributed by atoms with van der Waals surface area (Å²) in [4.78, 5) is 7.28. The van der Waals surface area contributed by atoms with Gasteiger partial charge in [0.25, 0.3) is 0 Å². The number of nitrogens with one attached hydrogen (secondary N) is 1. The second-order valence-electron chi connectivity index (χ2n) is 15.5. The molecule has 3 heterocycles. The number of hydrogen-bond donors (Lipinski definition) is 1. The third-order valence-corrected chi connectivity index (χ3v) is 13.0. The van der Waals surface area contributed by atoms with Crippen LogP contribution in [-0.4, -0.2) is 74.5 Å². The largest absolute Gasteiger partial charge is 0.491 e. The van der Waals surface area contributed by atoms with Crippen molar-refractivity contribution in [2.24, 2.45) is 17.8 Å². The van der Waals surface area contributed by atoms with E-state index in [0.29, 0.717) is 29.2 Å². The van der Waals surface area contributed by atoms with E-state index in [2.05, 4.69) is 111 Å². The molecule has 5 nitrogen and oxygen atoms in total. The molecule has 2 aromatic carbocycles. The van der Waals surface area contributed by atoms with Crippen LogP contribution in [0.5, 0.6) is 5.75 Å². The highest BCUT2D eigenvalue weighted by Gasteiger charge is 2.38. The molecule has 2 fully saturated rings. The molecule has 0 aromatic heterocycles. The fourth-order valence-electron chi connectivity index (χ4n) is 7.89. The Morgan fingerprint density at radius 3 is 2.43 bits per heavy atom. The second-order valence-corrected chi connectivity index (χ2v) is 17.1. The monoisotopic (exact) mass is 680 g/mol. The summed E-state index contributed by atoms with van der Waals surface area (Å²) in [5, 5.41) is 1.38. The average Bonchev–Trinajstić information content (AvgIpc) is 3.20. The van der Waals surface area contributed by atoms with Crippen molar-refractivity contribution in [2.75, 3.05) is 58.8 Å². The van der Waals surface area contributed by atoms with E-state index in [1.165, 1.54) is 68.4 Å². The molecule has 5 atom stereocenters. The molecule has 0 radical (unpaired) electrons. The van der Waals surface area contributed by atoms with Crippen LogP contribution < -0.4 is 14.4 Å². The van der Waals surface area contributed by atoms with E-state index in [-0.39, 0.29) is 0 Å². The lowest BCUT2D eigenvalue weighted by Crippen LogP contribution is -2.65. The van der Waals surface area contributed by atoms with Crippen LogP contribution in [0.2, 0.25) is 5.02 Å². The molecular weight excluding hydrogens is 620 g/mol. The summed E-state index contributed by atoms with van der Waals surface area (Å²) in [6.45, 7) is 18.9. The van der Waals surface area contributed by atoms with Crippen molar-refractivity contribution in [1.82, 2.24) is 14.5 Å². The lowest BCUT2D eigenvalue weighted by molar-refractivity contribution is 0.00183. The van der Waals surface area contributed by atoms with Gasteiger partial charge in [0.1, 0.15) is 5.75 Å². The number of halogens is 1. The number of likely N-dealkylation sites (tertiary alicyclic amines) is 1. The zero-order chi connectivity index (χ0) is 33.7. The zero-order valence-corrected chi connectivity index (χ0v) is 31.9. The van der Waals surface area contributed by atoms with Gasteiger partial charge in [-0.25, -0.2) is 0 Å². The van der Waals surface area contributed by atoms with Gasteiger partial charge in [-0.2, -0.15) is 0 Å². The van der Waals surface area contributed by atoms with Crippen molar-refractivity contribution >= 4 is 34.9 Å². The number of ether oxygens (including phenoxy) is 1. The third kappa shape index (κ3) is 9.04. The molecule has 260 valence electrons. The van der Waals surface area contributed by atoms with Gasteiger partial charge >= 0.3 is 0 Å². The van der Waals surface area contributed by atoms with Crippen molar-refractivity contribution in [1.29, 1.82) is 0 Å². The van der Waals surface area contributed by atoms with E-state index in [4.69, 9.17) is 16.3 Å². The first kappa shape index (κ1) is 36.4. The van der Waals surface area contributed by atoms with Crippen LogP contribution >= 0.6 is 23.5 Å². The van der Waals surface area contributed by atoms with Crippen molar-refractivity contribution in [3.8, 4) is 5.75 Å². The number of likely N-dealkylation sites (N-methyl/N-ethyl adjacent to an activating group) is 2. The molecule has 5 unspecified atom stereocenters. The van der Waals surface area contributed by atoms with Crippen LogP contribution in [0.1, 0.15) is 95.2 Å². The summed E-state index contributed by atoms with van der Waals surface area (Å²) in [5.41, 5.74) is 6.58. The highest BCUT2D eigenvalue weighted by molar-refractivity contribution is 7.98. The molecule has 7 heteroatoms. The highest BCUT2D eigenvalue weighted by atomic mass is 35.5. The molecule has 47 heavy (non-hydrogen) atoms. The smallest absolute Gasteiger partial charge is 0.142 e. The van der Waals surface area contributed by atoms with Gasteiger partial charge in [0, 0.05) is 59.2 Å². The molecule has 1 saturated carbocycles.